The third-order valence-electron chi connectivity index (χ3n) is 2.00. The van der Waals surface area contributed by atoms with Crippen LogP contribution in [0.25, 0.3) is 5.69 Å². The van der Waals surface area contributed by atoms with E-state index >= 15 is 0 Å². The van der Waals surface area contributed by atoms with Crippen LogP contribution in [-0.4, -0.2) is 21.1 Å². The van der Waals surface area contributed by atoms with Gasteiger partial charge < -0.3 is 4.74 Å². The van der Waals surface area contributed by atoms with Crippen LogP contribution in [0.15, 0.2) is 29.0 Å². The molecule has 2 rings (SSSR count). The van der Waals surface area contributed by atoms with Crippen LogP contribution < -0.4 is 4.74 Å². The fourth-order valence-corrected chi connectivity index (χ4v) is 1.69. The second kappa shape index (κ2) is 4.60. The molecular weight excluding hydrogens is 315 g/mol. The summed E-state index contributed by atoms with van der Waals surface area (Å²) in [4.78, 5) is 3.86. The highest BCUT2D eigenvalue weighted by Crippen LogP contribution is 2.30. The van der Waals surface area contributed by atoms with Gasteiger partial charge in [-0.3, -0.25) is 0 Å². The molecule has 0 aliphatic carbocycles. The lowest BCUT2D eigenvalue weighted by Gasteiger charge is -2.13. The summed E-state index contributed by atoms with van der Waals surface area (Å²) in [6.07, 6.45) is -3.43. The molecule has 1 aromatic carbocycles. The van der Waals surface area contributed by atoms with E-state index in [1.807, 2.05) is 0 Å². The van der Waals surface area contributed by atoms with Gasteiger partial charge in [-0.15, -0.1) is 13.2 Å². The van der Waals surface area contributed by atoms with Crippen LogP contribution in [0.2, 0.25) is 0 Å². The van der Waals surface area contributed by atoms with Crippen LogP contribution in [0.4, 0.5) is 13.2 Å². The molecule has 0 amide bonds. The smallest absolute Gasteiger partial charge is 0.403 e. The summed E-state index contributed by atoms with van der Waals surface area (Å²) in [6, 6.07) is 4.13. The molecule has 0 aliphatic heterocycles. The van der Waals surface area contributed by atoms with Gasteiger partial charge in [0.25, 0.3) is 0 Å². The molecule has 0 saturated heterocycles. The van der Waals surface area contributed by atoms with Crippen molar-refractivity contribution in [2.24, 2.45) is 0 Å². The minimum atomic E-state index is -4.75. The van der Waals surface area contributed by atoms with Crippen LogP contribution in [0, 0.1) is 6.92 Å². The summed E-state index contributed by atoms with van der Waals surface area (Å²) in [5.74, 6) is 0.114. The normalized spacial score (nSPS) is 11.6. The molecule has 0 saturated carbocycles. The predicted molar refractivity (Wildman–Crippen MR) is 60.5 cm³/mol. The van der Waals surface area contributed by atoms with Gasteiger partial charge in [0.15, 0.2) is 5.75 Å². The zero-order valence-corrected chi connectivity index (χ0v) is 10.7. The van der Waals surface area contributed by atoms with E-state index in [2.05, 4.69) is 30.7 Å². The van der Waals surface area contributed by atoms with Crippen molar-refractivity contribution in [2.75, 3.05) is 0 Å². The second-order valence-electron chi connectivity index (χ2n) is 3.40. The van der Waals surface area contributed by atoms with Gasteiger partial charge in [0, 0.05) is 4.47 Å². The molecule has 1 heterocycles. The molecule has 0 spiro atoms. The third kappa shape index (κ3) is 3.00. The van der Waals surface area contributed by atoms with E-state index in [0.717, 1.165) is 0 Å². The SMILES string of the molecule is Cc1ncn(-c2cc(Br)ccc2OC(F)(F)F)n1. The number of rotatable bonds is 2. The molecule has 4 nitrogen and oxygen atoms in total. The predicted octanol–water partition coefficient (Wildman–Crippen LogP) is 3.24. The average Bonchev–Trinajstić information content (AvgIpc) is 2.65. The largest absolute Gasteiger partial charge is 0.573 e. The molecule has 0 unspecified atom stereocenters. The molecular formula is C10H7BrF3N3O. The molecule has 0 bridgehead atoms. The number of alkyl halides is 3. The first-order valence-electron chi connectivity index (χ1n) is 4.79. The van der Waals surface area contributed by atoms with E-state index in [-0.39, 0.29) is 11.4 Å². The Morgan fingerprint density at radius 3 is 2.61 bits per heavy atom. The molecule has 0 fully saturated rings. The number of aryl methyl sites for hydroxylation is 1. The summed E-state index contributed by atoms with van der Waals surface area (Å²) < 4.78 is 42.6. The van der Waals surface area contributed by atoms with E-state index in [4.69, 9.17) is 0 Å². The number of hydrogen-bond acceptors (Lipinski definition) is 3. The maximum atomic E-state index is 12.3. The van der Waals surface area contributed by atoms with Gasteiger partial charge in [0.1, 0.15) is 17.8 Å². The van der Waals surface area contributed by atoms with Crippen LogP contribution in [0.5, 0.6) is 5.75 Å². The molecule has 0 radical (unpaired) electrons. The van der Waals surface area contributed by atoms with E-state index in [1.54, 1.807) is 6.92 Å². The van der Waals surface area contributed by atoms with Gasteiger partial charge in [-0.25, -0.2) is 9.67 Å². The number of hydrogen-bond donors (Lipinski definition) is 0. The fourth-order valence-electron chi connectivity index (χ4n) is 1.34. The number of ether oxygens (including phenoxy) is 1. The highest BCUT2D eigenvalue weighted by Gasteiger charge is 2.32. The molecule has 96 valence electrons. The Balaban J connectivity index is 2.47. The van der Waals surface area contributed by atoms with Crippen LogP contribution in [0.3, 0.4) is 0 Å². The standard InChI is InChI=1S/C10H7BrF3N3O/c1-6-15-5-17(16-6)8-4-7(11)2-3-9(8)18-10(12,13)14/h2-5H,1H3. The topological polar surface area (TPSA) is 39.9 Å². The Morgan fingerprint density at radius 2 is 2.06 bits per heavy atom. The minimum absolute atomic E-state index is 0.155. The maximum Gasteiger partial charge on any atom is 0.573 e. The fraction of sp³-hybridized carbons (Fsp3) is 0.200. The zero-order chi connectivity index (χ0) is 13.3. The molecule has 2 aromatic rings. The molecule has 0 atom stereocenters. The third-order valence-corrected chi connectivity index (χ3v) is 2.49. The number of aromatic nitrogens is 3. The van der Waals surface area contributed by atoms with Crippen molar-refractivity contribution in [3.8, 4) is 11.4 Å². The van der Waals surface area contributed by atoms with E-state index in [1.165, 1.54) is 29.2 Å². The van der Waals surface area contributed by atoms with Crippen molar-refractivity contribution in [1.82, 2.24) is 14.8 Å². The summed E-state index contributed by atoms with van der Waals surface area (Å²) in [6.45, 7) is 1.64. The number of halogens is 4. The summed E-state index contributed by atoms with van der Waals surface area (Å²) in [5.41, 5.74) is 0.155. The Labute approximate surface area is 109 Å². The van der Waals surface area contributed by atoms with Gasteiger partial charge in [-0.1, -0.05) is 15.9 Å². The molecule has 8 heteroatoms. The average molecular weight is 322 g/mol. The molecule has 0 N–H and O–H groups in total. The van der Waals surface area contributed by atoms with Crippen molar-refractivity contribution >= 4 is 15.9 Å². The van der Waals surface area contributed by atoms with E-state index in [9.17, 15) is 13.2 Å². The van der Waals surface area contributed by atoms with E-state index in [0.29, 0.717) is 10.3 Å². The Morgan fingerprint density at radius 1 is 1.33 bits per heavy atom. The molecule has 1 aromatic heterocycles. The first-order chi connectivity index (χ1) is 8.35. The van der Waals surface area contributed by atoms with Crippen molar-refractivity contribution in [3.63, 3.8) is 0 Å². The van der Waals surface area contributed by atoms with Gasteiger partial charge >= 0.3 is 6.36 Å². The first kappa shape index (κ1) is 12.9. The number of benzene rings is 1. The maximum absolute atomic E-state index is 12.3. The molecule has 18 heavy (non-hydrogen) atoms. The zero-order valence-electron chi connectivity index (χ0n) is 9.07. The monoisotopic (exact) mass is 321 g/mol. The van der Waals surface area contributed by atoms with Crippen molar-refractivity contribution in [2.45, 2.75) is 13.3 Å². The lowest BCUT2D eigenvalue weighted by molar-refractivity contribution is -0.274. The van der Waals surface area contributed by atoms with Crippen molar-refractivity contribution in [3.05, 3.63) is 34.8 Å². The van der Waals surface area contributed by atoms with Gasteiger partial charge in [-0.2, -0.15) is 5.10 Å². The lowest BCUT2D eigenvalue weighted by Crippen LogP contribution is -2.18. The van der Waals surface area contributed by atoms with Crippen molar-refractivity contribution < 1.29 is 17.9 Å². The summed E-state index contributed by atoms with van der Waals surface area (Å²) >= 11 is 3.18. The summed E-state index contributed by atoms with van der Waals surface area (Å²) in [5, 5.41) is 3.95. The number of nitrogens with zero attached hydrogens (tertiary/aromatic N) is 3. The van der Waals surface area contributed by atoms with Crippen LogP contribution >= 0.6 is 15.9 Å². The van der Waals surface area contributed by atoms with Crippen LogP contribution in [0.1, 0.15) is 5.82 Å². The highest BCUT2D eigenvalue weighted by molar-refractivity contribution is 9.10. The van der Waals surface area contributed by atoms with E-state index < -0.39 is 6.36 Å². The molecule has 0 aliphatic rings. The minimum Gasteiger partial charge on any atom is -0.403 e. The van der Waals surface area contributed by atoms with Crippen molar-refractivity contribution in [1.29, 1.82) is 0 Å². The highest BCUT2D eigenvalue weighted by atomic mass is 79.9. The Bertz CT molecular complexity index is 568. The van der Waals surface area contributed by atoms with Gasteiger partial charge in [0.05, 0.1) is 0 Å². The van der Waals surface area contributed by atoms with Gasteiger partial charge in [-0.05, 0) is 25.1 Å². The van der Waals surface area contributed by atoms with Gasteiger partial charge in [0.2, 0.25) is 0 Å². The Kier molecular flexibility index (Phi) is 3.29. The lowest BCUT2D eigenvalue weighted by atomic mass is 10.3. The van der Waals surface area contributed by atoms with Crippen LogP contribution in [-0.2, 0) is 0 Å². The summed E-state index contributed by atoms with van der Waals surface area (Å²) in [7, 11) is 0. The first-order valence-corrected chi connectivity index (χ1v) is 5.58. The Hall–Kier alpha value is -1.57. The quantitative estimate of drug-likeness (QED) is 0.852. The second-order valence-corrected chi connectivity index (χ2v) is 4.31.